The molecule has 0 saturated carbocycles. The molecule has 0 aromatic heterocycles. The van der Waals surface area contributed by atoms with Gasteiger partial charge in [-0.3, -0.25) is 9.69 Å². The molecule has 1 amide bonds. The predicted molar refractivity (Wildman–Crippen MR) is 101 cm³/mol. The number of carbonyl (C=O) groups is 2. The first kappa shape index (κ1) is 19.7. The fourth-order valence-corrected chi connectivity index (χ4v) is 5.61. The highest BCUT2D eigenvalue weighted by atomic mass is 32.2. The molecule has 2 N–H and O–H groups in total. The molecule has 2 aliphatic rings. The van der Waals surface area contributed by atoms with Crippen LogP contribution in [0.5, 0.6) is 0 Å². The molecule has 1 fully saturated rings. The predicted octanol–water partition coefficient (Wildman–Crippen LogP) is 3.27. The third-order valence-corrected chi connectivity index (χ3v) is 6.95. The number of carboxylic acids is 1. The minimum absolute atomic E-state index is 0.0646. The topological polar surface area (TPSA) is 69.6 Å². The van der Waals surface area contributed by atoms with Gasteiger partial charge in [0.05, 0.1) is 0 Å². The largest absolute Gasteiger partial charge is 0.477 e. The second-order valence-electron chi connectivity index (χ2n) is 6.18. The van der Waals surface area contributed by atoms with E-state index >= 15 is 0 Å². The Morgan fingerprint density at radius 1 is 1.29 bits per heavy atom. The standard InChI is InChI=1S/C17H28N2O3S2/c1-3-5-7-9-18-13-15(20)19-14(17(21)22)12(11-24-16(13)19)23-10-8-6-4-2/h13,16,18H,3-11H2,1-2H3,(H,21,22)/t13-,16+/m1/s1. The minimum atomic E-state index is -0.976. The molecule has 0 radical (unpaired) electrons. The maximum atomic E-state index is 12.4. The summed E-state index contributed by atoms with van der Waals surface area (Å²) < 4.78 is 0. The number of rotatable bonds is 11. The Labute approximate surface area is 153 Å². The van der Waals surface area contributed by atoms with E-state index in [-0.39, 0.29) is 23.0 Å². The molecule has 2 rings (SSSR count). The summed E-state index contributed by atoms with van der Waals surface area (Å²) in [4.78, 5) is 26.5. The van der Waals surface area contributed by atoms with E-state index in [4.69, 9.17) is 0 Å². The third-order valence-electron chi connectivity index (χ3n) is 4.30. The Bertz CT molecular complexity index is 496. The van der Waals surface area contributed by atoms with Crippen molar-refractivity contribution in [3.8, 4) is 0 Å². The van der Waals surface area contributed by atoms with Crippen LogP contribution in [0, 0.1) is 0 Å². The lowest BCUT2D eigenvalue weighted by Gasteiger charge is -2.49. The molecule has 0 aliphatic carbocycles. The molecule has 0 spiro atoms. The molecule has 0 unspecified atom stereocenters. The molecule has 2 aliphatic heterocycles. The number of nitrogens with one attached hydrogen (secondary N) is 1. The van der Waals surface area contributed by atoms with Gasteiger partial charge in [0.25, 0.3) is 0 Å². The molecule has 0 aromatic rings. The van der Waals surface area contributed by atoms with Crippen LogP contribution in [0.2, 0.25) is 0 Å². The Morgan fingerprint density at radius 2 is 2.00 bits per heavy atom. The van der Waals surface area contributed by atoms with Crippen LogP contribution in [0.4, 0.5) is 0 Å². The van der Waals surface area contributed by atoms with Gasteiger partial charge in [-0.1, -0.05) is 39.5 Å². The molecular formula is C17H28N2O3S2. The van der Waals surface area contributed by atoms with E-state index in [1.165, 1.54) is 4.90 Å². The number of β-lactam (4-membered cyclic amide) rings is 1. The number of carboxylic acid groups (broad SMARTS) is 1. The van der Waals surface area contributed by atoms with Crippen molar-refractivity contribution >= 4 is 35.4 Å². The van der Waals surface area contributed by atoms with Crippen molar-refractivity contribution in [2.45, 2.75) is 63.8 Å². The van der Waals surface area contributed by atoms with E-state index < -0.39 is 5.97 Å². The van der Waals surface area contributed by atoms with Crippen LogP contribution in [0.1, 0.15) is 52.4 Å². The molecule has 0 bridgehead atoms. The number of unbranched alkanes of at least 4 members (excludes halogenated alkanes) is 4. The Morgan fingerprint density at radius 3 is 2.67 bits per heavy atom. The Hall–Kier alpha value is -0.660. The average Bonchev–Trinajstić information content (AvgIpc) is 2.57. The fraction of sp³-hybridized carbons (Fsp3) is 0.765. The highest BCUT2D eigenvalue weighted by Gasteiger charge is 2.53. The van der Waals surface area contributed by atoms with Crippen LogP contribution >= 0.6 is 23.5 Å². The summed E-state index contributed by atoms with van der Waals surface area (Å²) in [7, 11) is 0. The molecule has 2 atom stereocenters. The first-order chi connectivity index (χ1) is 11.6. The molecule has 7 heteroatoms. The van der Waals surface area contributed by atoms with Gasteiger partial charge in [0, 0.05) is 10.7 Å². The second-order valence-corrected chi connectivity index (χ2v) is 8.48. The second kappa shape index (κ2) is 9.73. The third kappa shape index (κ3) is 4.49. The number of nitrogens with zero attached hydrogens (tertiary/aromatic N) is 1. The van der Waals surface area contributed by atoms with Crippen LogP contribution in [0.25, 0.3) is 0 Å². The van der Waals surface area contributed by atoms with Crippen LogP contribution in [0.15, 0.2) is 10.6 Å². The van der Waals surface area contributed by atoms with Crippen LogP contribution in [-0.4, -0.2) is 51.3 Å². The lowest BCUT2D eigenvalue weighted by atomic mass is 10.0. The van der Waals surface area contributed by atoms with Gasteiger partial charge in [-0.05, 0) is 25.1 Å². The monoisotopic (exact) mass is 372 g/mol. The van der Waals surface area contributed by atoms with Crippen LogP contribution < -0.4 is 5.32 Å². The van der Waals surface area contributed by atoms with E-state index in [9.17, 15) is 14.7 Å². The zero-order chi connectivity index (χ0) is 17.5. The number of amides is 1. The van der Waals surface area contributed by atoms with Gasteiger partial charge in [0.2, 0.25) is 5.91 Å². The highest BCUT2D eigenvalue weighted by Crippen LogP contribution is 2.43. The lowest BCUT2D eigenvalue weighted by molar-refractivity contribution is -0.149. The smallest absolute Gasteiger partial charge is 0.353 e. The summed E-state index contributed by atoms with van der Waals surface area (Å²) >= 11 is 3.29. The molecule has 1 saturated heterocycles. The van der Waals surface area contributed by atoms with Crippen molar-refractivity contribution in [2.75, 3.05) is 18.1 Å². The maximum absolute atomic E-state index is 12.4. The normalized spacial score (nSPS) is 23.2. The summed E-state index contributed by atoms with van der Waals surface area (Å²) in [5.74, 6) is 0.551. The quantitative estimate of drug-likeness (QED) is 0.428. The maximum Gasteiger partial charge on any atom is 0.353 e. The number of fused-ring (bicyclic) bond motifs is 1. The molecule has 136 valence electrons. The van der Waals surface area contributed by atoms with E-state index in [2.05, 4.69) is 19.2 Å². The van der Waals surface area contributed by atoms with Crippen molar-refractivity contribution in [3.63, 3.8) is 0 Å². The van der Waals surface area contributed by atoms with E-state index in [0.29, 0.717) is 5.75 Å². The van der Waals surface area contributed by atoms with Gasteiger partial charge in [-0.15, -0.1) is 23.5 Å². The summed E-state index contributed by atoms with van der Waals surface area (Å²) in [5, 5.41) is 12.8. The van der Waals surface area contributed by atoms with Gasteiger partial charge in [0.1, 0.15) is 17.1 Å². The van der Waals surface area contributed by atoms with Gasteiger partial charge >= 0.3 is 5.97 Å². The number of hydrogen-bond acceptors (Lipinski definition) is 5. The molecule has 24 heavy (non-hydrogen) atoms. The first-order valence-electron chi connectivity index (χ1n) is 8.89. The Balaban J connectivity index is 1.97. The van der Waals surface area contributed by atoms with Crippen molar-refractivity contribution < 1.29 is 14.7 Å². The molecule has 0 aromatic carbocycles. The van der Waals surface area contributed by atoms with Crippen molar-refractivity contribution in [2.24, 2.45) is 0 Å². The van der Waals surface area contributed by atoms with Gasteiger partial charge in [-0.25, -0.2) is 4.79 Å². The van der Waals surface area contributed by atoms with E-state index in [1.54, 1.807) is 23.5 Å². The minimum Gasteiger partial charge on any atom is -0.477 e. The van der Waals surface area contributed by atoms with E-state index in [1.807, 2.05) is 0 Å². The van der Waals surface area contributed by atoms with Crippen LogP contribution in [-0.2, 0) is 9.59 Å². The summed E-state index contributed by atoms with van der Waals surface area (Å²) in [6.45, 7) is 5.12. The summed E-state index contributed by atoms with van der Waals surface area (Å²) in [6, 6.07) is -0.229. The van der Waals surface area contributed by atoms with Crippen molar-refractivity contribution in [3.05, 3.63) is 10.6 Å². The van der Waals surface area contributed by atoms with Crippen LogP contribution in [0.3, 0.4) is 0 Å². The first-order valence-corrected chi connectivity index (χ1v) is 10.9. The average molecular weight is 373 g/mol. The Kier molecular flexibility index (Phi) is 7.97. The zero-order valence-electron chi connectivity index (χ0n) is 14.5. The van der Waals surface area contributed by atoms with E-state index in [0.717, 1.165) is 55.7 Å². The number of hydrogen-bond donors (Lipinski definition) is 2. The van der Waals surface area contributed by atoms with Crippen molar-refractivity contribution in [1.82, 2.24) is 10.2 Å². The lowest BCUT2D eigenvalue weighted by Crippen LogP contribution is -2.69. The molecular weight excluding hydrogens is 344 g/mol. The van der Waals surface area contributed by atoms with Gasteiger partial charge in [0.15, 0.2) is 0 Å². The van der Waals surface area contributed by atoms with Crippen molar-refractivity contribution in [1.29, 1.82) is 0 Å². The number of carbonyl (C=O) groups excluding carboxylic acids is 1. The summed E-state index contributed by atoms with van der Waals surface area (Å²) in [5.41, 5.74) is 0.219. The fourth-order valence-electron chi connectivity index (χ4n) is 2.94. The zero-order valence-corrected chi connectivity index (χ0v) is 16.2. The molecule has 2 heterocycles. The SMILES string of the molecule is CCCCCN[C@@H]1C(=O)N2C(C(=O)O)=C(SCCCCC)CS[C@@H]12. The summed E-state index contributed by atoms with van der Waals surface area (Å²) in [6.07, 6.45) is 6.74. The highest BCUT2D eigenvalue weighted by molar-refractivity contribution is 8.06. The number of aliphatic carboxylic acids is 1. The van der Waals surface area contributed by atoms with Gasteiger partial charge in [-0.2, -0.15) is 0 Å². The van der Waals surface area contributed by atoms with Gasteiger partial charge < -0.3 is 10.4 Å². The number of thioether (sulfide) groups is 2. The molecule has 5 nitrogen and oxygen atoms in total.